The van der Waals surface area contributed by atoms with E-state index in [9.17, 15) is 4.79 Å². The first-order valence-electron chi connectivity index (χ1n) is 5.64. The Bertz CT molecular complexity index is 419. The van der Waals surface area contributed by atoms with E-state index < -0.39 is 0 Å². The maximum absolute atomic E-state index is 11.1. The van der Waals surface area contributed by atoms with Crippen LogP contribution in [-0.4, -0.2) is 11.9 Å². The number of carbonyl (C=O) groups excluding carboxylic acids is 1. The van der Waals surface area contributed by atoms with Crippen molar-refractivity contribution >= 4 is 5.91 Å². The van der Waals surface area contributed by atoms with E-state index in [2.05, 4.69) is 11.4 Å². The lowest BCUT2D eigenvalue weighted by Crippen LogP contribution is -2.41. The monoisotopic (exact) mass is 231 g/mol. The maximum atomic E-state index is 11.1. The van der Waals surface area contributed by atoms with Gasteiger partial charge in [0, 0.05) is 6.04 Å². The summed E-state index contributed by atoms with van der Waals surface area (Å²) >= 11 is 0. The highest BCUT2D eigenvalue weighted by Gasteiger charge is 2.16. The number of hydrogen-bond donors (Lipinski definition) is 2. The number of nitrogens with two attached hydrogens (primary N) is 1. The van der Waals surface area contributed by atoms with Gasteiger partial charge < -0.3 is 5.73 Å². The highest BCUT2D eigenvalue weighted by Crippen LogP contribution is 2.14. The number of amides is 1. The average molecular weight is 231 g/mol. The second-order valence-electron chi connectivity index (χ2n) is 3.99. The van der Waals surface area contributed by atoms with Gasteiger partial charge in [0.1, 0.15) is 0 Å². The van der Waals surface area contributed by atoms with Crippen LogP contribution in [0.1, 0.15) is 37.4 Å². The van der Waals surface area contributed by atoms with Gasteiger partial charge in [-0.1, -0.05) is 19.1 Å². The molecule has 0 aromatic heterocycles. The molecule has 0 fully saturated rings. The number of primary amides is 1. The molecule has 0 radical (unpaired) electrons. The third kappa shape index (κ3) is 3.58. The highest BCUT2D eigenvalue weighted by atomic mass is 16.1. The lowest BCUT2D eigenvalue weighted by atomic mass is 10.0. The van der Waals surface area contributed by atoms with Gasteiger partial charge in [-0.2, -0.15) is 5.26 Å². The summed E-state index contributed by atoms with van der Waals surface area (Å²) < 4.78 is 0. The molecule has 0 bridgehead atoms. The Morgan fingerprint density at radius 3 is 2.47 bits per heavy atom. The van der Waals surface area contributed by atoms with Crippen molar-refractivity contribution < 1.29 is 4.79 Å². The summed E-state index contributed by atoms with van der Waals surface area (Å²) in [6.45, 7) is 3.88. The molecule has 90 valence electrons. The maximum Gasteiger partial charge on any atom is 0.234 e. The smallest absolute Gasteiger partial charge is 0.234 e. The summed E-state index contributed by atoms with van der Waals surface area (Å²) in [5.41, 5.74) is 6.93. The van der Waals surface area contributed by atoms with Gasteiger partial charge in [-0.05, 0) is 31.0 Å². The van der Waals surface area contributed by atoms with Crippen molar-refractivity contribution in [3.05, 3.63) is 35.4 Å². The first kappa shape index (κ1) is 13.2. The molecule has 0 aliphatic carbocycles. The lowest BCUT2D eigenvalue weighted by molar-refractivity contribution is -0.120. The van der Waals surface area contributed by atoms with Crippen LogP contribution in [0.4, 0.5) is 0 Å². The molecule has 4 nitrogen and oxygen atoms in total. The van der Waals surface area contributed by atoms with E-state index in [0.717, 1.165) is 5.56 Å². The third-order valence-electron chi connectivity index (χ3n) is 2.74. The van der Waals surface area contributed by atoms with Gasteiger partial charge in [0.15, 0.2) is 0 Å². The van der Waals surface area contributed by atoms with Crippen LogP contribution in [0.15, 0.2) is 24.3 Å². The molecule has 1 amide bonds. The van der Waals surface area contributed by atoms with Gasteiger partial charge in [0.25, 0.3) is 0 Å². The third-order valence-corrected chi connectivity index (χ3v) is 2.74. The van der Waals surface area contributed by atoms with Crippen molar-refractivity contribution in [2.75, 3.05) is 0 Å². The van der Waals surface area contributed by atoms with Crippen LogP contribution in [0, 0.1) is 11.3 Å². The summed E-state index contributed by atoms with van der Waals surface area (Å²) in [6.07, 6.45) is 0.663. The minimum atomic E-state index is -0.340. The number of rotatable bonds is 5. The van der Waals surface area contributed by atoms with Crippen LogP contribution < -0.4 is 11.1 Å². The molecule has 2 unspecified atom stereocenters. The molecule has 0 heterocycles. The van der Waals surface area contributed by atoms with E-state index in [1.807, 2.05) is 26.0 Å². The fraction of sp³-hybridized carbons (Fsp3) is 0.385. The Balaban J connectivity index is 2.72. The predicted octanol–water partition coefficient (Wildman–Crippen LogP) is 1.47. The number of nitriles is 1. The molecule has 0 spiro atoms. The van der Waals surface area contributed by atoms with E-state index >= 15 is 0 Å². The Hall–Kier alpha value is -1.86. The molecule has 17 heavy (non-hydrogen) atoms. The first-order valence-corrected chi connectivity index (χ1v) is 5.64. The normalized spacial score (nSPS) is 13.7. The molecular formula is C13H17N3O. The Kier molecular flexibility index (Phi) is 4.68. The molecule has 0 aliphatic heterocycles. The van der Waals surface area contributed by atoms with Gasteiger partial charge in [0.05, 0.1) is 17.7 Å². The van der Waals surface area contributed by atoms with Crippen LogP contribution in [0.5, 0.6) is 0 Å². The Morgan fingerprint density at radius 2 is 2.06 bits per heavy atom. The minimum absolute atomic E-state index is 0.0280. The molecule has 0 saturated carbocycles. The van der Waals surface area contributed by atoms with E-state index in [0.29, 0.717) is 12.0 Å². The van der Waals surface area contributed by atoms with Crippen molar-refractivity contribution in [2.45, 2.75) is 32.4 Å². The lowest BCUT2D eigenvalue weighted by Gasteiger charge is -2.20. The number of nitrogens with one attached hydrogen (secondary N) is 1. The Labute approximate surface area is 101 Å². The van der Waals surface area contributed by atoms with Crippen LogP contribution in [0.2, 0.25) is 0 Å². The minimum Gasteiger partial charge on any atom is -0.368 e. The van der Waals surface area contributed by atoms with Crippen molar-refractivity contribution in [3.63, 3.8) is 0 Å². The van der Waals surface area contributed by atoms with Crippen molar-refractivity contribution in [1.29, 1.82) is 5.26 Å². The summed E-state index contributed by atoms with van der Waals surface area (Å²) in [5, 5.41) is 11.9. The van der Waals surface area contributed by atoms with Crippen molar-refractivity contribution in [1.82, 2.24) is 5.32 Å². The Morgan fingerprint density at radius 1 is 1.47 bits per heavy atom. The highest BCUT2D eigenvalue weighted by molar-refractivity contribution is 5.79. The summed E-state index contributed by atoms with van der Waals surface area (Å²) in [5.74, 6) is -0.340. The second-order valence-corrected chi connectivity index (χ2v) is 3.99. The summed E-state index contributed by atoms with van der Waals surface area (Å²) in [7, 11) is 0. The number of carbonyl (C=O) groups is 1. The zero-order chi connectivity index (χ0) is 12.8. The first-order chi connectivity index (χ1) is 8.08. The van der Waals surface area contributed by atoms with Gasteiger partial charge in [-0.15, -0.1) is 0 Å². The molecule has 1 aromatic carbocycles. The zero-order valence-electron chi connectivity index (χ0n) is 10.1. The fourth-order valence-corrected chi connectivity index (χ4v) is 1.65. The quantitative estimate of drug-likeness (QED) is 0.805. The zero-order valence-corrected chi connectivity index (χ0v) is 10.1. The van der Waals surface area contributed by atoms with Crippen LogP contribution in [0.25, 0.3) is 0 Å². The van der Waals surface area contributed by atoms with Crippen molar-refractivity contribution in [2.24, 2.45) is 5.73 Å². The van der Waals surface area contributed by atoms with E-state index in [1.165, 1.54) is 0 Å². The van der Waals surface area contributed by atoms with Gasteiger partial charge in [-0.3, -0.25) is 10.1 Å². The standard InChI is InChI=1S/C13H17N3O/c1-3-12(13(15)17)16-9(2)11-6-4-10(8-14)5-7-11/h4-7,9,12,16H,3H2,1-2H3,(H2,15,17). The largest absolute Gasteiger partial charge is 0.368 e. The fourth-order valence-electron chi connectivity index (χ4n) is 1.65. The topological polar surface area (TPSA) is 78.9 Å². The van der Waals surface area contributed by atoms with E-state index in [1.54, 1.807) is 12.1 Å². The molecule has 0 saturated heterocycles. The molecule has 2 atom stereocenters. The molecule has 0 aliphatic rings. The SMILES string of the molecule is CCC(NC(C)c1ccc(C#N)cc1)C(N)=O. The molecule has 1 aromatic rings. The average Bonchev–Trinajstić information content (AvgIpc) is 2.35. The molecule has 4 heteroatoms. The predicted molar refractivity (Wildman–Crippen MR) is 66.0 cm³/mol. The number of nitrogens with zero attached hydrogens (tertiary/aromatic N) is 1. The van der Waals surface area contributed by atoms with Crippen molar-refractivity contribution in [3.8, 4) is 6.07 Å². The van der Waals surface area contributed by atoms with Crippen LogP contribution >= 0.6 is 0 Å². The van der Waals surface area contributed by atoms with E-state index in [-0.39, 0.29) is 18.0 Å². The van der Waals surface area contributed by atoms with Crippen LogP contribution in [0.3, 0.4) is 0 Å². The number of hydrogen-bond acceptors (Lipinski definition) is 3. The van der Waals surface area contributed by atoms with E-state index in [4.69, 9.17) is 11.0 Å². The molecule has 3 N–H and O–H groups in total. The number of benzene rings is 1. The molecular weight excluding hydrogens is 214 g/mol. The van der Waals surface area contributed by atoms with Gasteiger partial charge in [-0.25, -0.2) is 0 Å². The van der Waals surface area contributed by atoms with Crippen LogP contribution in [-0.2, 0) is 4.79 Å². The van der Waals surface area contributed by atoms with Gasteiger partial charge in [0.2, 0.25) is 5.91 Å². The van der Waals surface area contributed by atoms with Gasteiger partial charge >= 0.3 is 0 Å². The molecule has 1 rings (SSSR count). The summed E-state index contributed by atoms with van der Waals surface area (Å²) in [4.78, 5) is 11.1. The summed E-state index contributed by atoms with van der Waals surface area (Å²) in [6, 6.07) is 9.06. The second kappa shape index (κ2) is 6.02.